The van der Waals surface area contributed by atoms with Crippen LogP contribution in [0.25, 0.3) is 0 Å². The maximum absolute atomic E-state index is 13.0. The number of amides is 1. The Hall–Kier alpha value is -2.67. The third kappa shape index (κ3) is 3.88. The van der Waals surface area contributed by atoms with Gasteiger partial charge in [0.2, 0.25) is 0 Å². The van der Waals surface area contributed by atoms with Crippen molar-refractivity contribution in [3.05, 3.63) is 47.8 Å². The first kappa shape index (κ1) is 17.7. The predicted molar refractivity (Wildman–Crippen MR) is 97.5 cm³/mol. The minimum absolute atomic E-state index is 0.0314. The van der Waals surface area contributed by atoms with Crippen molar-refractivity contribution in [1.82, 2.24) is 14.9 Å². The van der Waals surface area contributed by atoms with Gasteiger partial charge in [-0.05, 0) is 24.0 Å². The van der Waals surface area contributed by atoms with E-state index in [0.717, 1.165) is 24.9 Å². The third-order valence-corrected chi connectivity index (χ3v) is 5.03. The number of fused-ring (bicyclic) bond motifs is 1. The van der Waals surface area contributed by atoms with Crippen LogP contribution in [0.3, 0.4) is 0 Å². The summed E-state index contributed by atoms with van der Waals surface area (Å²) in [5, 5.41) is 0. The van der Waals surface area contributed by atoms with Crippen LogP contribution in [0, 0.1) is 0 Å². The monoisotopic (exact) mass is 369 g/mol. The highest BCUT2D eigenvalue weighted by atomic mass is 16.5. The fourth-order valence-corrected chi connectivity index (χ4v) is 3.63. The van der Waals surface area contributed by atoms with Crippen molar-refractivity contribution in [2.24, 2.45) is 0 Å². The van der Waals surface area contributed by atoms with E-state index in [-0.39, 0.29) is 12.0 Å². The molecule has 0 radical (unpaired) electrons. The Bertz CT molecular complexity index is 813. The largest absolute Gasteiger partial charge is 0.477 e. The lowest BCUT2D eigenvalue weighted by Gasteiger charge is -2.35. The van der Waals surface area contributed by atoms with Crippen molar-refractivity contribution < 1.29 is 19.0 Å². The quantitative estimate of drug-likeness (QED) is 0.821. The average molecular weight is 369 g/mol. The summed E-state index contributed by atoms with van der Waals surface area (Å²) >= 11 is 0. The molecule has 1 fully saturated rings. The smallest absolute Gasteiger partial charge is 0.278 e. The van der Waals surface area contributed by atoms with Crippen LogP contribution in [0.2, 0.25) is 0 Å². The molecule has 2 unspecified atom stereocenters. The summed E-state index contributed by atoms with van der Waals surface area (Å²) in [5.41, 5.74) is 2.35. The van der Waals surface area contributed by atoms with Crippen molar-refractivity contribution in [3.63, 3.8) is 0 Å². The van der Waals surface area contributed by atoms with Gasteiger partial charge in [0.25, 0.3) is 17.7 Å². The number of rotatable bonds is 4. The van der Waals surface area contributed by atoms with E-state index in [1.807, 2.05) is 17.0 Å². The van der Waals surface area contributed by atoms with Crippen molar-refractivity contribution in [2.75, 3.05) is 20.2 Å². The SMILES string of the molecule is COc1nccnc1OC1CCCN(C(=O)C2Cc3ccccc3CO2)C1. The molecule has 0 aliphatic carbocycles. The molecule has 7 heteroatoms. The summed E-state index contributed by atoms with van der Waals surface area (Å²) in [4.78, 5) is 23.1. The Labute approximate surface area is 158 Å². The number of carbonyl (C=O) groups is 1. The average Bonchev–Trinajstić information content (AvgIpc) is 2.73. The van der Waals surface area contributed by atoms with Gasteiger partial charge in [-0.15, -0.1) is 0 Å². The molecule has 0 N–H and O–H groups in total. The van der Waals surface area contributed by atoms with Crippen LogP contribution in [-0.4, -0.2) is 53.2 Å². The summed E-state index contributed by atoms with van der Waals surface area (Å²) in [6.07, 6.45) is 4.92. The molecule has 2 aromatic rings. The molecule has 7 nitrogen and oxygen atoms in total. The van der Waals surface area contributed by atoms with E-state index in [0.29, 0.717) is 31.3 Å². The molecule has 4 rings (SSSR count). The molecule has 1 saturated heterocycles. The maximum Gasteiger partial charge on any atom is 0.278 e. The van der Waals surface area contributed by atoms with Crippen LogP contribution < -0.4 is 9.47 Å². The summed E-state index contributed by atoms with van der Waals surface area (Å²) in [6, 6.07) is 8.12. The van der Waals surface area contributed by atoms with Crippen LogP contribution in [-0.2, 0) is 22.6 Å². The van der Waals surface area contributed by atoms with E-state index in [2.05, 4.69) is 22.1 Å². The molecular formula is C20H23N3O4. The fourth-order valence-electron chi connectivity index (χ4n) is 3.63. The van der Waals surface area contributed by atoms with Gasteiger partial charge < -0.3 is 19.1 Å². The second-order valence-electron chi connectivity index (χ2n) is 6.81. The topological polar surface area (TPSA) is 73.8 Å². The molecule has 2 aliphatic heterocycles. The number of nitrogens with zero attached hydrogens (tertiary/aromatic N) is 3. The van der Waals surface area contributed by atoms with Gasteiger partial charge in [0.1, 0.15) is 12.2 Å². The second-order valence-corrected chi connectivity index (χ2v) is 6.81. The van der Waals surface area contributed by atoms with Gasteiger partial charge in [0.05, 0.1) is 20.3 Å². The molecule has 3 heterocycles. The van der Waals surface area contributed by atoms with E-state index < -0.39 is 6.10 Å². The van der Waals surface area contributed by atoms with Crippen molar-refractivity contribution >= 4 is 5.91 Å². The summed E-state index contributed by atoms with van der Waals surface area (Å²) in [5.74, 6) is 0.749. The highest BCUT2D eigenvalue weighted by Gasteiger charge is 2.33. The van der Waals surface area contributed by atoms with E-state index in [9.17, 15) is 4.79 Å². The number of ether oxygens (including phenoxy) is 3. The molecule has 0 saturated carbocycles. The number of hydrogen-bond donors (Lipinski definition) is 0. The first-order chi connectivity index (χ1) is 13.2. The van der Waals surface area contributed by atoms with E-state index in [1.165, 1.54) is 12.7 Å². The molecule has 27 heavy (non-hydrogen) atoms. The highest BCUT2D eigenvalue weighted by molar-refractivity contribution is 5.81. The fraction of sp³-hybridized carbons (Fsp3) is 0.450. The number of likely N-dealkylation sites (tertiary alicyclic amines) is 1. The van der Waals surface area contributed by atoms with Gasteiger partial charge in [-0.3, -0.25) is 4.79 Å². The Morgan fingerprint density at radius 3 is 2.78 bits per heavy atom. The number of aromatic nitrogens is 2. The minimum Gasteiger partial charge on any atom is -0.477 e. The summed E-state index contributed by atoms with van der Waals surface area (Å²) < 4.78 is 17.0. The van der Waals surface area contributed by atoms with Crippen LogP contribution in [0.1, 0.15) is 24.0 Å². The standard InChI is InChI=1S/C20H23N3O4/c1-25-18-19(22-9-8-21-18)27-16-7-4-10-23(12-16)20(24)17-11-14-5-2-3-6-15(14)13-26-17/h2-3,5-6,8-9,16-17H,4,7,10-13H2,1H3. The predicted octanol–water partition coefficient (Wildman–Crippen LogP) is 2.00. The van der Waals surface area contributed by atoms with E-state index in [4.69, 9.17) is 14.2 Å². The number of carbonyl (C=O) groups excluding carboxylic acids is 1. The Balaban J connectivity index is 1.40. The molecular weight excluding hydrogens is 346 g/mol. The van der Waals surface area contributed by atoms with Gasteiger partial charge in [0.15, 0.2) is 0 Å². The zero-order valence-electron chi connectivity index (χ0n) is 15.3. The maximum atomic E-state index is 13.0. The van der Waals surface area contributed by atoms with Crippen molar-refractivity contribution in [3.8, 4) is 11.8 Å². The third-order valence-electron chi connectivity index (χ3n) is 5.03. The Morgan fingerprint density at radius 1 is 1.19 bits per heavy atom. The summed E-state index contributed by atoms with van der Waals surface area (Å²) in [7, 11) is 1.53. The van der Waals surface area contributed by atoms with Crippen LogP contribution in [0.4, 0.5) is 0 Å². The van der Waals surface area contributed by atoms with Crippen molar-refractivity contribution in [1.29, 1.82) is 0 Å². The number of methoxy groups -OCH3 is 1. The lowest BCUT2D eigenvalue weighted by atomic mass is 9.98. The molecule has 1 aromatic carbocycles. The Morgan fingerprint density at radius 2 is 1.96 bits per heavy atom. The first-order valence-electron chi connectivity index (χ1n) is 9.23. The molecule has 2 aliphatic rings. The van der Waals surface area contributed by atoms with E-state index >= 15 is 0 Å². The van der Waals surface area contributed by atoms with Gasteiger partial charge in [0, 0.05) is 25.4 Å². The molecule has 0 bridgehead atoms. The molecule has 2 atom stereocenters. The van der Waals surface area contributed by atoms with Gasteiger partial charge in [-0.2, -0.15) is 0 Å². The van der Waals surface area contributed by atoms with Gasteiger partial charge in [-0.25, -0.2) is 9.97 Å². The van der Waals surface area contributed by atoms with Crippen LogP contribution in [0.5, 0.6) is 11.8 Å². The highest BCUT2D eigenvalue weighted by Crippen LogP contribution is 2.26. The Kier molecular flexibility index (Phi) is 5.20. The van der Waals surface area contributed by atoms with Crippen LogP contribution >= 0.6 is 0 Å². The summed E-state index contributed by atoms with van der Waals surface area (Å²) in [6.45, 7) is 1.72. The molecule has 1 amide bonds. The van der Waals surface area contributed by atoms with E-state index in [1.54, 1.807) is 12.4 Å². The zero-order chi connectivity index (χ0) is 18.6. The van der Waals surface area contributed by atoms with Gasteiger partial charge >= 0.3 is 0 Å². The lowest BCUT2D eigenvalue weighted by molar-refractivity contribution is -0.148. The number of piperidine rings is 1. The first-order valence-corrected chi connectivity index (χ1v) is 9.23. The molecule has 0 spiro atoms. The van der Waals surface area contributed by atoms with Crippen LogP contribution in [0.15, 0.2) is 36.7 Å². The molecule has 142 valence electrons. The van der Waals surface area contributed by atoms with Crippen molar-refractivity contribution in [2.45, 2.75) is 38.1 Å². The minimum atomic E-state index is -0.426. The molecule has 1 aromatic heterocycles. The zero-order valence-corrected chi connectivity index (χ0v) is 15.3. The lowest BCUT2D eigenvalue weighted by Crippen LogP contribution is -2.49. The number of benzene rings is 1. The normalized spacial score (nSPS) is 22.0. The number of hydrogen-bond acceptors (Lipinski definition) is 6. The second kappa shape index (κ2) is 7.92. The van der Waals surface area contributed by atoms with Gasteiger partial charge in [-0.1, -0.05) is 24.3 Å².